The highest BCUT2D eigenvalue weighted by Crippen LogP contribution is 2.57. The summed E-state index contributed by atoms with van der Waals surface area (Å²) in [5, 5.41) is 35.1. The third-order valence-corrected chi connectivity index (χ3v) is 32.4. The molecule has 1 aliphatic rings. The summed E-state index contributed by atoms with van der Waals surface area (Å²) in [6, 6.07) is 173. The molecule has 0 fully saturated rings. The van der Waals surface area contributed by atoms with Crippen molar-refractivity contribution < 1.29 is 13.3 Å². The first-order valence-corrected chi connectivity index (χ1v) is 50.6. The summed E-state index contributed by atoms with van der Waals surface area (Å²) < 4.78 is 24.6. The van der Waals surface area contributed by atoms with Gasteiger partial charge in [0.15, 0.2) is 5.58 Å². The van der Waals surface area contributed by atoms with E-state index in [2.05, 4.69) is 477 Å². The topological polar surface area (TPSA) is 49.1 Å². The van der Waals surface area contributed by atoms with E-state index >= 15 is 0 Å². The number of nitrogens with zero attached hydrogens (tertiary/aromatic N) is 3. The number of thiophene rings is 2. The highest BCUT2D eigenvalue weighted by Gasteiger charge is 2.39. The molecule has 31 rings (SSSR count). The minimum atomic E-state index is -0.0701. The molecule has 0 bridgehead atoms. The smallest absolute Gasteiger partial charge is 0.159 e. The van der Waals surface area contributed by atoms with E-state index in [-0.39, 0.29) is 5.41 Å². The molecule has 5 aromatic heterocycles. The lowest BCUT2D eigenvalue weighted by Crippen LogP contribution is -2.15. The van der Waals surface area contributed by atoms with E-state index in [0.29, 0.717) is 0 Å². The lowest BCUT2D eigenvalue weighted by Gasteiger charge is -2.26. The van der Waals surface area contributed by atoms with Gasteiger partial charge in [-0.05, 0) is 265 Å². The molecule has 0 unspecified atom stereocenters. The molecule has 0 saturated heterocycles. The maximum Gasteiger partial charge on any atom is 0.159 e. The maximum absolute atomic E-state index is 6.51. The largest absolute Gasteiger partial charge is 0.456 e. The second-order valence-corrected chi connectivity index (χ2v) is 40.4. The number of para-hydroxylation sites is 7. The molecule has 5 heterocycles. The quantitative estimate of drug-likeness (QED) is 0.127. The highest BCUT2D eigenvalue weighted by molar-refractivity contribution is 7.27. The van der Waals surface area contributed by atoms with Gasteiger partial charge >= 0.3 is 0 Å². The third-order valence-electron chi connectivity index (χ3n) is 30.0. The zero-order valence-electron chi connectivity index (χ0n) is 78.0. The van der Waals surface area contributed by atoms with Gasteiger partial charge in [0.05, 0.1) is 5.69 Å². The molecule has 30 aromatic rings. The lowest BCUT2D eigenvalue weighted by molar-refractivity contribution is 0.666. The fourth-order valence-corrected chi connectivity index (χ4v) is 26.0. The van der Waals surface area contributed by atoms with Crippen LogP contribution in [-0.4, -0.2) is 0 Å². The van der Waals surface area contributed by atoms with Gasteiger partial charge < -0.3 is 28.0 Å². The normalized spacial score (nSPS) is 12.5. The molecular weight excluding hydrogens is 1780 g/mol. The van der Waals surface area contributed by atoms with Gasteiger partial charge in [0.25, 0.3) is 0 Å². The van der Waals surface area contributed by atoms with Crippen LogP contribution in [0.1, 0.15) is 25.0 Å². The molecule has 0 aliphatic heterocycles. The number of hydrogen-bond donors (Lipinski definition) is 0. The van der Waals surface area contributed by atoms with Crippen molar-refractivity contribution in [3.63, 3.8) is 0 Å². The van der Waals surface area contributed by atoms with Crippen LogP contribution in [0.3, 0.4) is 0 Å². The van der Waals surface area contributed by atoms with Crippen LogP contribution in [-0.2, 0) is 5.41 Å². The SMILES string of the molecule is CC1(C)c2ccccc2-c2c1c1ccccc1c1c2ccc2cc(-c3ccc(N(c4ccccc4)c4cccc5c4oc4ccccc45)cc3)ccc21.c1ccc(N(c2ccc3c(ccc4c3c3ccccc3c3oc5ccccc5c43)c2)c2ccc3sc4ccccc4c3c2)cc1.c1ccc(N(c2ccc3c(ccc4c5sc6ccccc6c5c5ccccc5c34)c2)c2ccc3c(c2)oc2ccccc23)cc1. The van der Waals surface area contributed by atoms with Crippen LogP contribution >= 0.6 is 22.7 Å². The van der Waals surface area contributed by atoms with Crippen molar-refractivity contribution in [3.05, 3.63) is 490 Å². The van der Waals surface area contributed by atoms with E-state index in [9.17, 15) is 0 Å². The average Bonchev–Trinajstić information content (AvgIpc) is 1.55. The minimum absolute atomic E-state index is 0.0701. The third kappa shape index (κ3) is 13.0. The van der Waals surface area contributed by atoms with E-state index in [1.165, 1.54) is 171 Å². The number of hydrogen-bond acceptors (Lipinski definition) is 8. The van der Waals surface area contributed by atoms with Crippen molar-refractivity contribution in [3.8, 4) is 22.3 Å². The summed E-state index contributed by atoms with van der Waals surface area (Å²) in [5.74, 6) is 0. The molecule has 670 valence electrons. The number of furan rings is 3. The second-order valence-electron chi connectivity index (χ2n) is 38.2. The second kappa shape index (κ2) is 32.6. The first kappa shape index (κ1) is 82.2. The van der Waals surface area contributed by atoms with Gasteiger partial charge in [0.2, 0.25) is 0 Å². The van der Waals surface area contributed by atoms with E-state index in [0.717, 1.165) is 117 Å². The summed E-state index contributed by atoms with van der Waals surface area (Å²) in [6.45, 7) is 4.76. The number of benzene rings is 25. The Morgan fingerprint density at radius 2 is 0.601 bits per heavy atom. The van der Waals surface area contributed by atoms with Gasteiger partial charge in [0.1, 0.15) is 27.9 Å². The number of rotatable bonds is 10. The van der Waals surface area contributed by atoms with Crippen molar-refractivity contribution in [1.29, 1.82) is 0 Å². The summed E-state index contributed by atoms with van der Waals surface area (Å²) in [7, 11) is 0. The average molecular weight is 1860 g/mol. The van der Waals surface area contributed by atoms with E-state index in [1.54, 1.807) is 0 Å². The Balaban J connectivity index is 0.000000103. The maximum atomic E-state index is 6.51. The molecule has 0 spiro atoms. The Labute approximate surface area is 830 Å². The molecule has 0 N–H and O–H groups in total. The summed E-state index contributed by atoms with van der Waals surface area (Å²) >= 11 is 3.76. The molecule has 8 heteroatoms. The van der Waals surface area contributed by atoms with Gasteiger partial charge in [0, 0.05) is 140 Å². The van der Waals surface area contributed by atoms with Crippen molar-refractivity contribution in [2.24, 2.45) is 0 Å². The van der Waals surface area contributed by atoms with Crippen LogP contribution in [0, 0.1) is 0 Å². The molecule has 143 heavy (non-hydrogen) atoms. The fraction of sp³-hybridized carbons (Fsp3) is 0.0222. The number of fused-ring (bicyclic) bond motifs is 39. The van der Waals surface area contributed by atoms with Gasteiger partial charge in [-0.3, -0.25) is 0 Å². The standard InChI is InChI=1S/C51H35NO.2C42H25NOS/c1-51(2)44-20-10-8-18-42(44)48-43-30-26-34-31-33(25-29-37(34)47(43)39-16-6-7-17-40(39)49(48)51)32-23-27-36(28-24-32)52(35-13-4-3-5-14-35)45-21-12-19-41-38-15-9-11-22-46(38)53-50(41)45;1-2-10-27(11-3-1)43(29-20-23-39-36(25-29)31-12-7-9-17-38(31)45-39)28-19-22-30-26(24-28)18-21-35-40(30)32-13-4-5-14-33(32)42-41(35)34-15-6-8-16-37(34)44-42;1-2-10-27(11-3-1)43(29-20-23-32-31-12-6-8-16-37(31)44-38(32)25-29)28-19-22-30-26(24-28)18-21-36-40(30)33-13-4-5-14-34(33)41-35-15-7-9-17-39(35)45-42(36)41/h3-31H,1-2H3;2*1-25H. The molecular formula is C135H85N3O3S2. The Morgan fingerprint density at radius 1 is 0.203 bits per heavy atom. The van der Waals surface area contributed by atoms with Crippen LogP contribution in [0.4, 0.5) is 51.2 Å². The summed E-state index contributed by atoms with van der Waals surface area (Å²) in [4.78, 5) is 6.99. The zero-order valence-corrected chi connectivity index (χ0v) is 79.6. The predicted molar refractivity (Wildman–Crippen MR) is 612 cm³/mol. The lowest BCUT2D eigenvalue weighted by atomic mass is 9.79. The van der Waals surface area contributed by atoms with Crippen molar-refractivity contribution in [2.75, 3.05) is 14.7 Å². The van der Waals surface area contributed by atoms with Crippen molar-refractivity contribution in [1.82, 2.24) is 0 Å². The molecule has 0 radical (unpaired) electrons. The molecule has 0 saturated carbocycles. The van der Waals surface area contributed by atoms with Gasteiger partial charge in [-0.15, -0.1) is 22.7 Å². The monoisotopic (exact) mass is 1860 g/mol. The van der Waals surface area contributed by atoms with E-state index in [4.69, 9.17) is 13.3 Å². The highest BCUT2D eigenvalue weighted by atomic mass is 32.1. The Hall–Kier alpha value is -17.9. The molecule has 1 aliphatic carbocycles. The van der Waals surface area contributed by atoms with Crippen LogP contribution in [0.15, 0.2) is 492 Å². The van der Waals surface area contributed by atoms with Gasteiger partial charge in [-0.2, -0.15) is 0 Å². The van der Waals surface area contributed by atoms with Crippen LogP contribution in [0.5, 0.6) is 0 Å². The van der Waals surface area contributed by atoms with Gasteiger partial charge in [-0.25, -0.2) is 0 Å². The number of anilines is 9. The molecule has 0 atom stereocenters. The first-order chi connectivity index (χ1) is 70.7. The van der Waals surface area contributed by atoms with Gasteiger partial charge in [-0.1, -0.05) is 341 Å². The van der Waals surface area contributed by atoms with E-state index in [1.807, 2.05) is 53.0 Å². The van der Waals surface area contributed by atoms with Crippen molar-refractivity contribution in [2.45, 2.75) is 19.3 Å². The van der Waals surface area contributed by atoms with Crippen LogP contribution in [0.2, 0.25) is 0 Å². The first-order valence-electron chi connectivity index (χ1n) is 49.0. The minimum Gasteiger partial charge on any atom is -0.456 e. The van der Waals surface area contributed by atoms with Crippen LogP contribution in [0.25, 0.3) is 225 Å². The summed E-state index contributed by atoms with van der Waals surface area (Å²) in [5.41, 5.74) is 23.2. The van der Waals surface area contributed by atoms with Crippen molar-refractivity contribution >= 4 is 277 Å². The Morgan fingerprint density at radius 3 is 1.27 bits per heavy atom. The van der Waals surface area contributed by atoms with E-state index < -0.39 is 0 Å². The molecule has 0 amide bonds. The zero-order chi connectivity index (χ0) is 94.2. The fourth-order valence-electron chi connectivity index (χ4n) is 23.7. The summed E-state index contributed by atoms with van der Waals surface area (Å²) in [6.07, 6.45) is 0. The Bertz CT molecular complexity index is 10500. The molecule has 25 aromatic carbocycles. The van der Waals surface area contributed by atoms with Crippen LogP contribution < -0.4 is 14.7 Å². The Kier molecular flexibility index (Phi) is 18.7. The predicted octanol–water partition coefficient (Wildman–Crippen LogP) is 40.3. The molecule has 6 nitrogen and oxygen atoms in total.